The van der Waals surface area contributed by atoms with Crippen LogP contribution < -0.4 is 0 Å². The van der Waals surface area contributed by atoms with Crippen LogP contribution >= 0.6 is 0 Å². The average molecular weight is 328 g/mol. The molecule has 122 valence electrons. The van der Waals surface area contributed by atoms with Gasteiger partial charge in [-0.05, 0) is 25.1 Å². The van der Waals surface area contributed by atoms with Gasteiger partial charge < -0.3 is 14.3 Å². The first-order valence-corrected chi connectivity index (χ1v) is 6.82. The SMILES string of the molecule is CCOC(=O)/C(C#N)=C/c1ccc(-c2cc([N+](=O)[O-])ccc2O)o1. The number of hydrogen-bond acceptors (Lipinski definition) is 7. The second-order valence-corrected chi connectivity index (χ2v) is 4.55. The number of esters is 1. The molecule has 0 aliphatic rings. The molecule has 1 N–H and O–H groups in total. The molecule has 0 unspecified atom stereocenters. The Bertz CT molecular complexity index is 860. The van der Waals surface area contributed by atoms with E-state index in [0.717, 1.165) is 12.1 Å². The second-order valence-electron chi connectivity index (χ2n) is 4.55. The highest BCUT2D eigenvalue weighted by atomic mass is 16.6. The number of hydrogen-bond donors (Lipinski definition) is 1. The summed E-state index contributed by atoms with van der Waals surface area (Å²) in [6.07, 6.45) is 1.19. The van der Waals surface area contributed by atoms with Crippen LogP contribution in [-0.4, -0.2) is 22.6 Å². The molecule has 0 saturated heterocycles. The third kappa shape index (κ3) is 3.59. The Kier molecular flexibility index (Phi) is 4.96. The lowest BCUT2D eigenvalue weighted by molar-refractivity contribution is -0.384. The minimum Gasteiger partial charge on any atom is -0.507 e. The minimum absolute atomic E-state index is 0.124. The number of ether oxygens (including phenoxy) is 1. The first kappa shape index (κ1) is 16.8. The molecule has 2 rings (SSSR count). The standard InChI is InChI=1S/C16H12N2O6/c1-2-23-16(20)10(9-17)7-12-4-6-15(24-12)13-8-11(18(21)22)3-5-14(13)19/h3-8,19H,2H2,1H3/b10-7+. The summed E-state index contributed by atoms with van der Waals surface area (Å²) < 4.78 is 10.2. The van der Waals surface area contributed by atoms with Crippen molar-refractivity contribution in [1.82, 2.24) is 0 Å². The summed E-state index contributed by atoms with van der Waals surface area (Å²) in [5.41, 5.74) is -0.333. The maximum Gasteiger partial charge on any atom is 0.349 e. The highest BCUT2D eigenvalue weighted by Gasteiger charge is 2.16. The molecule has 0 amide bonds. The van der Waals surface area contributed by atoms with Gasteiger partial charge in [0.05, 0.1) is 17.1 Å². The molecule has 0 spiro atoms. The topological polar surface area (TPSA) is 127 Å². The van der Waals surface area contributed by atoms with Crippen molar-refractivity contribution >= 4 is 17.7 Å². The van der Waals surface area contributed by atoms with E-state index in [4.69, 9.17) is 14.4 Å². The number of aromatic hydroxyl groups is 1. The van der Waals surface area contributed by atoms with Gasteiger partial charge in [0.1, 0.15) is 28.9 Å². The lowest BCUT2D eigenvalue weighted by atomic mass is 10.1. The number of furan rings is 1. The molecule has 1 heterocycles. The molecule has 8 nitrogen and oxygen atoms in total. The van der Waals surface area contributed by atoms with E-state index in [2.05, 4.69) is 0 Å². The van der Waals surface area contributed by atoms with Crippen LogP contribution in [0.5, 0.6) is 5.75 Å². The number of carbonyl (C=O) groups excluding carboxylic acids is 1. The minimum atomic E-state index is -0.781. The van der Waals surface area contributed by atoms with Crippen LogP contribution in [0.4, 0.5) is 5.69 Å². The van der Waals surface area contributed by atoms with E-state index in [1.54, 1.807) is 13.0 Å². The molecular formula is C16H12N2O6. The number of phenols is 1. The average Bonchev–Trinajstić information content (AvgIpc) is 3.01. The molecule has 1 aromatic heterocycles. The van der Waals surface area contributed by atoms with Gasteiger partial charge in [-0.15, -0.1) is 0 Å². The Hall–Kier alpha value is -3.60. The first-order valence-electron chi connectivity index (χ1n) is 6.82. The van der Waals surface area contributed by atoms with Crippen molar-refractivity contribution in [2.24, 2.45) is 0 Å². The monoisotopic (exact) mass is 328 g/mol. The Morgan fingerprint density at radius 2 is 2.21 bits per heavy atom. The molecule has 0 radical (unpaired) electrons. The van der Waals surface area contributed by atoms with E-state index in [-0.39, 0.29) is 40.7 Å². The number of nitro groups is 1. The number of nitriles is 1. The summed E-state index contributed by atoms with van der Waals surface area (Å²) in [7, 11) is 0. The number of rotatable bonds is 5. The van der Waals surface area contributed by atoms with E-state index in [0.29, 0.717) is 0 Å². The molecule has 0 aliphatic heterocycles. The van der Waals surface area contributed by atoms with Gasteiger partial charge in [-0.2, -0.15) is 5.26 Å². The van der Waals surface area contributed by atoms with Gasteiger partial charge in [0.25, 0.3) is 5.69 Å². The largest absolute Gasteiger partial charge is 0.507 e. The summed E-state index contributed by atoms with van der Waals surface area (Å²) in [6.45, 7) is 1.74. The lowest BCUT2D eigenvalue weighted by Gasteiger charge is -2.01. The van der Waals surface area contributed by atoms with Crippen molar-refractivity contribution in [2.45, 2.75) is 6.92 Å². The van der Waals surface area contributed by atoms with Crippen LogP contribution in [0.3, 0.4) is 0 Å². The number of nitrogens with zero attached hydrogens (tertiary/aromatic N) is 2. The Labute approximate surface area is 136 Å². The van der Waals surface area contributed by atoms with Crippen molar-refractivity contribution in [3.8, 4) is 23.1 Å². The van der Waals surface area contributed by atoms with Crippen molar-refractivity contribution in [3.05, 3.63) is 51.8 Å². The van der Waals surface area contributed by atoms with E-state index >= 15 is 0 Å². The van der Waals surface area contributed by atoms with Gasteiger partial charge in [0.2, 0.25) is 0 Å². The van der Waals surface area contributed by atoms with Crippen molar-refractivity contribution in [2.75, 3.05) is 6.61 Å². The maximum absolute atomic E-state index is 11.6. The smallest absolute Gasteiger partial charge is 0.349 e. The molecule has 0 atom stereocenters. The Morgan fingerprint density at radius 3 is 2.83 bits per heavy atom. The van der Waals surface area contributed by atoms with Gasteiger partial charge in [-0.1, -0.05) is 0 Å². The molecule has 0 fully saturated rings. The summed E-state index contributed by atoms with van der Waals surface area (Å²) >= 11 is 0. The fraction of sp³-hybridized carbons (Fsp3) is 0.125. The second kappa shape index (κ2) is 7.11. The summed E-state index contributed by atoms with van der Waals surface area (Å²) in [5.74, 6) is -0.656. The number of non-ortho nitro benzene ring substituents is 1. The van der Waals surface area contributed by atoms with Gasteiger partial charge in [0.15, 0.2) is 0 Å². The zero-order valence-electron chi connectivity index (χ0n) is 12.6. The molecular weight excluding hydrogens is 316 g/mol. The van der Waals surface area contributed by atoms with Gasteiger partial charge in [-0.3, -0.25) is 10.1 Å². The molecule has 0 saturated carbocycles. The fourth-order valence-corrected chi connectivity index (χ4v) is 1.90. The van der Waals surface area contributed by atoms with E-state index in [1.165, 1.54) is 24.3 Å². The highest BCUT2D eigenvalue weighted by Crippen LogP contribution is 2.34. The molecule has 0 aliphatic carbocycles. The normalized spacial score (nSPS) is 10.9. The van der Waals surface area contributed by atoms with Gasteiger partial charge in [-0.25, -0.2) is 4.79 Å². The lowest BCUT2D eigenvalue weighted by Crippen LogP contribution is -2.05. The molecule has 24 heavy (non-hydrogen) atoms. The van der Waals surface area contributed by atoms with Crippen LogP contribution in [0, 0.1) is 21.4 Å². The summed E-state index contributed by atoms with van der Waals surface area (Å²) in [4.78, 5) is 21.8. The Balaban J connectivity index is 2.38. The third-order valence-corrected chi connectivity index (χ3v) is 2.99. The number of carbonyl (C=O) groups is 1. The van der Waals surface area contributed by atoms with Gasteiger partial charge in [0, 0.05) is 18.2 Å². The molecule has 0 bridgehead atoms. The fourth-order valence-electron chi connectivity index (χ4n) is 1.90. The Morgan fingerprint density at radius 1 is 1.46 bits per heavy atom. The highest BCUT2D eigenvalue weighted by molar-refractivity contribution is 5.97. The van der Waals surface area contributed by atoms with Crippen LogP contribution in [0.1, 0.15) is 12.7 Å². The first-order chi connectivity index (χ1) is 11.5. The predicted molar refractivity (Wildman–Crippen MR) is 82.7 cm³/mol. The predicted octanol–water partition coefficient (Wildman–Crippen LogP) is 3.03. The van der Waals surface area contributed by atoms with Gasteiger partial charge >= 0.3 is 5.97 Å². The van der Waals surface area contributed by atoms with Crippen molar-refractivity contribution in [1.29, 1.82) is 5.26 Å². The van der Waals surface area contributed by atoms with E-state index < -0.39 is 10.9 Å². The van der Waals surface area contributed by atoms with Crippen LogP contribution in [0.15, 0.2) is 40.3 Å². The molecule has 2 aromatic rings. The van der Waals surface area contributed by atoms with Crippen molar-refractivity contribution in [3.63, 3.8) is 0 Å². The number of nitro benzene ring substituents is 1. The number of benzene rings is 1. The van der Waals surface area contributed by atoms with Crippen molar-refractivity contribution < 1.29 is 24.0 Å². The zero-order valence-corrected chi connectivity index (χ0v) is 12.6. The molecule has 1 aromatic carbocycles. The van der Waals surface area contributed by atoms with Crippen LogP contribution in [0.25, 0.3) is 17.4 Å². The summed E-state index contributed by atoms with van der Waals surface area (Å²) in [5, 5.41) is 29.6. The molecule has 8 heteroatoms. The van der Waals surface area contributed by atoms with Crippen LogP contribution in [-0.2, 0) is 9.53 Å². The maximum atomic E-state index is 11.6. The zero-order chi connectivity index (χ0) is 17.7. The van der Waals surface area contributed by atoms with E-state index in [1.807, 2.05) is 0 Å². The summed E-state index contributed by atoms with van der Waals surface area (Å²) in [6, 6.07) is 8.15. The van der Waals surface area contributed by atoms with E-state index in [9.17, 15) is 20.0 Å². The third-order valence-electron chi connectivity index (χ3n) is 2.99. The number of phenolic OH excluding ortho intramolecular Hbond substituents is 1. The quantitative estimate of drug-likeness (QED) is 0.294. The van der Waals surface area contributed by atoms with Crippen LogP contribution in [0.2, 0.25) is 0 Å².